The fourth-order valence-corrected chi connectivity index (χ4v) is 4.05. The van der Waals surface area contributed by atoms with Gasteiger partial charge in [0.15, 0.2) is 0 Å². The molecule has 0 radical (unpaired) electrons. The number of carbonyl (C=O) groups is 1. The largest absolute Gasteiger partial charge is 0.350 e. The zero-order valence-electron chi connectivity index (χ0n) is 17.0. The normalized spacial score (nSPS) is 17.5. The summed E-state index contributed by atoms with van der Waals surface area (Å²) in [6.45, 7) is 10.5. The number of amides is 1. The molecule has 146 valence electrons. The Bertz CT molecular complexity index is 759. The first kappa shape index (κ1) is 19.6. The molecular weight excluding hydrogens is 336 g/mol. The van der Waals surface area contributed by atoms with Crippen LogP contribution in [0.1, 0.15) is 56.1 Å². The van der Waals surface area contributed by atoms with Gasteiger partial charge in [0.1, 0.15) is 0 Å². The second kappa shape index (κ2) is 8.70. The van der Waals surface area contributed by atoms with E-state index in [1.165, 1.54) is 12.8 Å². The highest BCUT2D eigenvalue weighted by Crippen LogP contribution is 2.25. The Kier molecular flexibility index (Phi) is 6.32. The van der Waals surface area contributed by atoms with E-state index in [1.807, 2.05) is 18.5 Å². The summed E-state index contributed by atoms with van der Waals surface area (Å²) in [5.41, 5.74) is 4.29. The molecule has 1 fully saturated rings. The van der Waals surface area contributed by atoms with E-state index < -0.39 is 0 Å². The van der Waals surface area contributed by atoms with Crippen LogP contribution < -0.4 is 10.6 Å². The quantitative estimate of drug-likeness (QED) is 0.817. The third kappa shape index (κ3) is 4.98. The number of piperidine rings is 1. The van der Waals surface area contributed by atoms with Crippen LogP contribution in [-0.2, 0) is 4.79 Å². The molecule has 5 heteroatoms. The Labute approximate surface area is 162 Å². The predicted octanol–water partition coefficient (Wildman–Crippen LogP) is 3.69. The Hall–Kier alpha value is -2.14. The molecule has 2 N–H and O–H groups in total. The second-order valence-corrected chi connectivity index (χ2v) is 7.99. The molecule has 3 rings (SSSR count). The van der Waals surface area contributed by atoms with Crippen LogP contribution in [0.15, 0.2) is 30.3 Å². The molecule has 1 aromatic carbocycles. The lowest BCUT2D eigenvalue weighted by atomic mass is 9.84. The second-order valence-electron chi connectivity index (χ2n) is 7.99. The van der Waals surface area contributed by atoms with Crippen LogP contribution in [0.3, 0.4) is 0 Å². The molecule has 2 heterocycles. The van der Waals surface area contributed by atoms with Crippen LogP contribution in [0.5, 0.6) is 0 Å². The molecule has 27 heavy (non-hydrogen) atoms. The van der Waals surface area contributed by atoms with E-state index in [2.05, 4.69) is 59.9 Å². The van der Waals surface area contributed by atoms with Crippen LogP contribution in [0.2, 0.25) is 0 Å². The van der Waals surface area contributed by atoms with Crippen LogP contribution in [0.4, 0.5) is 0 Å². The van der Waals surface area contributed by atoms with Crippen molar-refractivity contribution in [3.05, 3.63) is 47.3 Å². The number of hydrogen-bond donors (Lipinski definition) is 2. The molecule has 2 unspecified atom stereocenters. The van der Waals surface area contributed by atoms with E-state index in [0.29, 0.717) is 18.3 Å². The molecule has 1 saturated heterocycles. The van der Waals surface area contributed by atoms with Crippen molar-refractivity contribution in [3.63, 3.8) is 0 Å². The smallest absolute Gasteiger partial charge is 0.220 e. The third-order valence-electron chi connectivity index (χ3n) is 5.72. The van der Waals surface area contributed by atoms with Gasteiger partial charge in [-0.15, -0.1) is 0 Å². The van der Waals surface area contributed by atoms with Gasteiger partial charge >= 0.3 is 0 Å². The fourth-order valence-electron chi connectivity index (χ4n) is 4.05. The molecular formula is C22H32N4O. The molecule has 1 aliphatic heterocycles. The molecule has 2 aromatic rings. The summed E-state index contributed by atoms with van der Waals surface area (Å²) in [6, 6.07) is 10.4. The SMILES string of the molecule is Cc1cc(C)n(-c2ccc(C(C)NC(=O)CC(C)C3CCNCC3)cc2)n1. The number of hydrogen-bond acceptors (Lipinski definition) is 3. The van der Waals surface area contributed by atoms with Crippen molar-refractivity contribution >= 4 is 5.91 Å². The van der Waals surface area contributed by atoms with Crippen LogP contribution in [0, 0.1) is 25.7 Å². The zero-order chi connectivity index (χ0) is 19.4. The average Bonchev–Trinajstić information content (AvgIpc) is 3.00. The van der Waals surface area contributed by atoms with Gasteiger partial charge in [-0.25, -0.2) is 4.68 Å². The number of carbonyl (C=O) groups excluding carboxylic acids is 1. The highest BCUT2D eigenvalue weighted by molar-refractivity contribution is 5.76. The van der Waals surface area contributed by atoms with Crippen molar-refractivity contribution in [2.45, 2.75) is 53.0 Å². The van der Waals surface area contributed by atoms with Crippen molar-refractivity contribution < 1.29 is 4.79 Å². The van der Waals surface area contributed by atoms with Crippen LogP contribution in [0.25, 0.3) is 5.69 Å². The van der Waals surface area contributed by atoms with E-state index in [0.717, 1.165) is 35.7 Å². The molecule has 0 bridgehead atoms. The van der Waals surface area contributed by atoms with E-state index in [1.54, 1.807) is 0 Å². The minimum atomic E-state index is 0.00669. The standard InChI is InChI=1S/C22H32N4O/c1-15(19-9-11-23-12-10-19)13-22(27)24-18(4)20-5-7-21(8-6-20)26-17(3)14-16(2)25-26/h5-8,14-15,18-19,23H,9-13H2,1-4H3,(H,24,27). The van der Waals surface area contributed by atoms with E-state index in [-0.39, 0.29) is 11.9 Å². The van der Waals surface area contributed by atoms with Crippen molar-refractivity contribution in [2.24, 2.45) is 11.8 Å². The summed E-state index contributed by atoms with van der Waals surface area (Å²) in [5, 5.41) is 11.1. The fraction of sp³-hybridized carbons (Fsp3) is 0.545. The monoisotopic (exact) mass is 368 g/mol. The maximum atomic E-state index is 12.5. The van der Waals surface area contributed by atoms with Crippen molar-refractivity contribution in [2.75, 3.05) is 13.1 Å². The molecule has 1 aromatic heterocycles. The summed E-state index contributed by atoms with van der Waals surface area (Å²) in [6.07, 6.45) is 2.97. The Morgan fingerprint density at radius 3 is 2.48 bits per heavy atom. The minimum Gasteiger partial charge on any atom is -0.350 e. The minimum absolute atomic E-state index is 0.00669. The number of aryl methyl sites for hydroxylation is 2. The van der Waals surface area contributed by atoms with Gasteiger partial charge in [0.25, 0.3) is 0 Å². The number of benzene rings is 1. The summed E-state index contributed by atoms with van der Waals surface area (Å²) in [7, 11) is 0. The summed E-state index contributed by atoms with van der Waals surface area (Å²) in [5.74, 6) is 1.25. The number of rotatable bonds is 6. The molecule has 1 aliphatic rings. The highest BCUT2D eigenvalue weighted by atomic mass is 16.1. The van der Waals surface area contributed by atoms with Crippen molar-refractivity contribution in [1.82, 2.24) is 20.4 Å². The maximum absolute atomic E-state index is 12.5. The molecule has 2 atom stereocenters. The number of aromatic nitrogens is 2. The predicted molar refractivity (Wildman–Crippen MR) is 109 cm³/mol. The van der Waals surface area contributed by atoms with E-state index in [4.69, 9.17) is 0 Å². The Morgan fingerprint density at radius 1 is 1.22 bits per heavy atom. The van der Waals surface area contributed by atoms with Crippen molar-refractivity contribution in [3.8, 4) is 5.69 Å². The van der Waals surface area contributed by atoms with Gasteiger partial charge < -0.3 is 10.6 Å². The van der Waals surface area contributed by atoms with Gasteiger partial charge in [-0.1, -0.05) is 19.1 Å². The van der Waals surface area contributed by atoms with Gasteiger partial charge in [0.05, 0.1) is 17.4 Å². The summed E-state index contributed by atoms with van der Waals surface area (Å²) in [4.78, 5) is 12.5. The maximum Gasteiger partial charge on any atom is 0.220 e. The van der Waals surface area contributed by atoms with E-state index in [9.17, 15) is 4.79 Å². The first-order chi connectivity index (χ1) is 12.9. The summed E-state index contributed by atoms with van der Waals surface area (Å²) < 4.78 is 1.95. The lowest BCUT2D eigenvalue weighted by molar-refractivity contribution is -0.123. The molecule has 0 saturated carbocycles. The van der Waals surface area contributed by atoms with Crippen LogP contribution >= 0.6 is 0 Å². The van der Waals surface area contributed by atoms with Gasteiger partial charge in [-0.3, -0.25) is 4.79 Å². The average molecular weight is 369 g/mol. The topological polar surface area (TPSA) is 59.0 Å². The Balaban J connectivity index is 1.56. The molecule has 1 amide bonds. The molecule has 0 aliphatic carbocycles. The third-order valence-corrected chi connectivity index (χ3v) is 5.72. The number of nitrogens with one attached hydrogen (secondary N) is 2. The Morgan fingerprint density at radius 2 is 1.89 bits per heavy atom. The molecule has 0 spiro atoms. The lowest BCUT2D eigenvalue weighted by Gasteiger charge is -2.28. The molecule has 5 nitrogen and oxygen atoms in total. The lowest BCUT2D eigenvalue weighted by Crippen LogP contribution is -2.34. The summed E-state index contributed by atoms with van der Waals surface area (Å²) >= 11 is 0. The number of nitrogens with zero attached hydrogens (tertiary/aromatic N) is 2. The van der Waals surface area contributed by atoms with Crippen LogP contribution in [-0.4, -0.2) is 28.8 Å². The van der Waals surface area contributed by atoms with Gasteiger partial charge in [0, 0.05) is 12.1 Å². The highest BCUT2D eigenvalue weighted by Gasteiger charge is 2.22. The zero-order valence-corrected chi connectivity index (χ0v) is 17.0. The van der Waals surface area contributed by atoms with Gasteiger partial charge in [-0.05, 0) is 82.3 Å². The van der Waals surface area contributed by atoms with Gasteiger partial charge in [0.2, 0.25) is 5.91 Å². The van der Waals surface area contributed by atoms with E-state index >= 15 is 0 Å². The first-order valence-electron chi connectivity index (χ1n) is 10.1. The van der Waals surface area contributed by atoms with Gasteiger partial charge in [-0.2, -0.15) is 5.10 Å². The first-order valence-corrected chi connectivity index (χ1v) is 10.1. The van der Waals surface area contributed by atoms with Crippen molar-refractivity contribution in [1.29, 1.82) is 0 Å².